The van der Waals surface area contributed by atoms with Gasteiger partial charge in [-0.3, -0.25) is 10.1 Å². The summed E-state index contributed by atoms with van der Waals surface area (Å²) in [6.07, 6.45) is 1.55. The van der Waals surface area contributed by atoms with E-state index in [1.54, 1.807) is 6.08 Å². The summed E-state index contributed by atoms with van der Waals surface area (Å²) in [4.78, 5) is 10.7. The van der Waals surface area contributed by atoms with Crippen molar-refractivity contribution in [2.24, 2.45) is 0 Å². The quantitative estimate of drug-likeness (QED) is 0.596. The van der Waals surface area contributed by atoms with Crippen molar-refractivity contribution >= 4 is 33.3 Å². The Labute approximate surface area is 82.0 Å². The Kier molecular flexibility index (Phi) is 2.99. The molecule has 0 unspecified atom stereocenters. The highest BCUT2D eigenvalue weighted by atomic mass is 79.9. The molecular weight excluding hydrogens is 242 g/mol. The van der Waals surface area contributed by atoms with Gasteiger partial charge in [0.05, 0.1) is 8.71 Å². The van der Waals surface area contributed by atoms with Gasteiger partial charge in [0.25, 0.3) is 0 Å². The van der Waals surface area contributed by atoms with E-state index in [0.29, 0.717) is 0 Å². The van der Waals surface area contributed by atoms with E-state index in [1.165, 1.54) is 18.3 Å². The summed E-state index contributed by atoms with van der Waals surface area (Å²) in [6, 6.07) is 3.70. The van der Waals surface area contributed by atoms with Crippen LogP contribution in [0.15, 0.2) is 21.6 Å². The number of nitrogens with zero attached hydrogens (tertiary/aromatic N) is 1. The van der Waals surface area contributed by atoms with Crippen LogP contribution in [0.5, 0.6) is 0 Å². The second-order valence-electron chi connectivity index (χ2n) is 2.18. The summed E-state index contributed by atoms with van der Waals surface area (Å²) < 4.78 is 0.977. The van der Waals surface area contributed by atoms with Gasteiger partial charge in [0.1, 0.15) is 0 Å². The third-order valence-electron chi connectivity index (χ3n) is 1.23. The number of rotatable bonds is 2. The molecule has 1 rings (SSSR count). The van der Waals surface area contributed by atoms with Crippen molar-refractivity contribution < 1.29 is 4.92 Å². The molecule has 0 saturated heterocycles. The molecule has 0 fully saturated rings. The fourth-order valence-electron chi connectivity index (χ4n) is 0.664. The summed E-state index contributed by atoms with van der Waals surface area (Å²) >= 11 is 4.75. The monoisotopic (exact) mass is 247 g/mol. The van der Waals surface area contributed by atoms with Gasteiger partial charge in [-0.05, 0) is 28.1 Å². The number of thiophene rings is 1. The number of allylic oxidation sites excluding steroid dienone is 1. The Bertz CT molecular complexity index is 332. The summed E-state index contributed by atoms with van der Waals surface area (Å²) in [5.74, 6) is 0. The minimum absolute atomic E-state index is 0.157. The number of nitro groups is 1. The predicted octanol–water partition coefficient (Wildman–Crippen LogP) is 3.15. The van der Waals surface area contributed by atoms with Gasteiger partial charge >= 0.3 is 0 Å². The molecule has 0 amide bonds. The fourth-order valence-corrected chi connectivity index (χ4v) is 2.08. The predicted molar refractivity (Wildman–Crippen MR) is 52.7 cm³/mol. The summed E-state index contributed by atoms with van der Waals surface area (Å²) in [5.41, 5.74) is 0.157. The molecule has 3 nitrogen and oxygen atoms in total. The maximum atomic E-state index is 10.2. The molecule has 0 bridgehead atoms. The molecule has 0 saturated carbocycles. The highest BCUT2D eigenvalue weighted by Crippen LogP contribution is 2.23. The first-order valence-corrected chi connectivity index (χ1v) is 4.78. The van der Waals surface area contributed by atoms with Crippen LogP contribution in [0.1, 0.15) is 11.8 Å². The summed E-state index contributed by atoms with van der Waals surface area (Å²) in [6.45, 7) is 1.48. The van der Waals surface area contributed by atoms with Gasteiger partial charge < -0.3 is 0 Å². The van der Waals surface area contributed by atoms with Gasteiger partial charge in [-0.15, -0.1) is 11.3 Å². The average Bonchev–Trinajstić information content (AvgIpc) is 2.35. The van der Waals surface area contributed by atoms with Crippen LogP contribution in [0.3, 0.4) is 0 Å². The Morgan fingerprint density at radius 3 is 2.83 bits per heavy atom. The molecule has 0 N–H and O–H groups in total. The zero-order valence-electron chi connectivity index (χ0n) is 6.28. The van der Waals surface area contributed by atoms with E-state index in [9.17, 15) is 10.1 Å². The van der Waals surface area contributed by atoms with Gasteiger partial charge in [0, 0.05) is 17.9 Å². The van der Waals surface area contributed by atoms with Gasteiger partial charge in [-0.25, -0.2) is 0 Å². The van der Waals surface area contributed by atoms with Gasteiger partial charge in [0.2, 0.25) is 5.70 Å². The molecule has 0 aliphatic heterocycles. The van der Waals surface area contributed by atoms with Crippen molar-refractivity contribution in [3.8, 4) is 0 Å². The molecule has 1 aromatic rings. The second kappa shape index (κ2) is 3.82. The first kappa shape index (κ1) is 9.41. The minimum atomic E-state index is -0.395. The van der Waals surface area contributed by atoms with Crippen LogP contribution in [0.25, 0.3) is 6.08 Å². The standard InChI is InChI=1S/C7H6BrNO2S/c1-5(9(10)11)4-6-2-3-7(8)12-6/h2-4H,1H3. The van der Waals surface area contributed by atoms with Crippen LogP contribution in [-0.4, -0.2) is 4.92 Å². The Hall–Kier alpha value is -0.680. The maximum absolute atomic E-state index is 10.2. The van der Waals surface area contributed by atoms with Crippen LogP contribution >= 0.6 is 27.3 Å². The van der Waals surface area contributed by atoms with Crippen molar-refractivity contribution in [1.82, 2.24) is 0 Å². The Morgan fingerprint density at radius 2 is 2.42 bits per heavy atom. The van der Waals surface area contributed by atoms with Crippen LogP contribution < -0.4 is 0 Å². The molecule has 5 heteroatoms. The molecule has 1 aromatic heterocycles. The zero-order chi connectivity index (χ0) is 9.14. The van der Waals surface area contributed by atoms with E-state index in [0.717, 1.165) is 8.66 Å². The lowest BCUT2D eigenvalue weighted by Crippen LogP contribution is -1.91. The fraction of sp³-hybridized carbons (Fsp3) is 0.143. The Morgan fingerprint density at radius 1 is 1.75 bits per heavy atom. The average molecular weight is 248 g/mol. The zero-order valence-corrected chi connectivity index (χ0v) is 8.68. The van der Waals surface area contributed by atoms with E-state index in [4.69, 9.17) is 0 Å². The van der Waals surface area contributed by atoms with Crippen molar-refractivity contribution in [1.29, 1.82) is 0 Å². The second-order valence-corrected chi connectivity index (χ2v) is 4.68. The normalized spacial score (nSPS) is 11.7. The number of halogens is 1. The largest absolute Gasteiger partial charge is 0.259 e. The molecule has 1 heterocycles. The topological polar surface area (TPSA) is 43.1 Å². The number of hydrogen-bond acceptors (Lipinski definition) is 3. The van der Waals surface area contributed by atoms with E-state index in [-0.39, 0.29) is 5.70 Å². The smallest absolute Gasteiger partial charge is 0.244 e. The van der Waals surface area contributed by atoms with Crippen molar-refractivity contribution in [3.05, 3.63) is 36.6 Å². The molecular formula is C7H6BrNO2S. The lowest BCUT2D eigenvalue weighted by molar-refractivity contribution is -0.422. The van der Waals surface area contributed by atoms with Crippen LogP contribution in [0.4, 0.5) is 0 Å². The van der Waals surface area contributed by atoms with E-state index < -0.39 is 4.92 Å². The van der Waals surface area contributed by atoms with Crippen LogP contribution in [-0.2, 0) is 0 Å². The van der Waals surface area contributed by atoms with E-state index in [2.05, 4.69) is 15.9 Å². The lowest BCUT2D eigenvalue weighted by atomic mass is 10.4. The minimum Gasteiger partial charge on any atom is -0.259 e. The SMILES string of the molecule is CC(=Cc1ccc(Br)s1)[N+](=O)[O-]. The third kappa shape index (κ3) is 2.42. The molecule has 0 aromatic carbocycles. The highest BCUT2D eigenvalue weighted by Gasteiger charge is 2.02. The van der Waals surface area contributed by atoms with Crippen LogP contribution in [0.2, 0.25) is 0 Å². The molecule has 0 atom stereocenters. The molecule has 12 heavy (non-hydrogen) atoms. The summed E-state index contributed by atoms with van der Waals surface area (Å²) in [7, 11) is 0. The summed E-state index contributed by atoms with van der Waals surface area (Å²) in [5, 5.41) is 10.2. The van der Waals surface area contributed by atoms with Crippen LogP contribution in [0, 0.1) is 10.1 Å². The number of hydrogen-bond donors (Lipinski definition) is 0. The van der Waals surface area contributed by atoms with Gasteiger partial charge in [0.15, 0.2) is 0 Å². The third-order valence-corrected chi connectivity index (χ3v) is 2.80. The maximum Gasteiger partial charge on any atom is 0.244 e. The van der Waals surface area contributed by atoms with Crippen molar-refractivity contribution in [2.75, 3.05) is 0 Å². The molecule has 0 radical (unpaired) electrons. The lowest BCUT2D eigenvalue weighted by Gasteiger charge is -1.86. The molecule has 64 valence electrons. The first-order valence-electron chi connectivity index (χ1n) is 3.17. The first-order chi connectivity index (χ1) is 5.59. The molecule has 0 spiro atoms. The van der Waals surface area contributed by atoms with Gasteiger partial charge in [-0.2, -0.15) is 0 Å². The van der Waals surface area contributed by atoms with Crippen molar-refractivity contribution in [2.45, 2.75) is 6.92 Å². The van der Waals surface area contributed by atoms with E-state index >= 15 is 0 Å². The van der Waals surface area contributed by atoms with Crippen molar-refractivity contribution in [3.63, 3.8) is 0 Å². The van der Waals surface area contributed by atoms with Gasteiger partial charge in [-0.1, -0.05) is 0 Å². The van der Waals surface area contributed by atoms with E-state index in [1.807, 2.05) is 12.1 Å². The Balaban J connectivity index is 2.87. The molecule has 0 aliphatic carbocycles. The molecule has 0 aliphatic rings. The highest BCUT2D eigenvalue weighted by molar-refractivity contribution is 9.11.